The highest BCUT2D eigenvalue weighted by atomic mass is 16.6. The lowest BCUT2D eigenvalue weighted by atomic mass is 10.0. The summed E-state index contributed by atoms with van der Waals surface area (Å²) in [4.78, 5) is 26.9. The van der Waals surface area contributed by atoms with Crippen LogP contribution in [0.2, 0.25) is 0 Å². The SMILES string of the molecule is CC1CCC(C)N1C1CCCN(C(=O)c2ccc([N+](=O)[O-])o2)C1. The average Bonchev–Trinajstić information content (AvgIpc) is 3.14. The molecule has 0 saturated carbocycles. The van der Waals surface area contributed by atoms with Crippen molar-refractivity contribution >= 4 is 11.8 Å². The maximum Gasteiger partial charge on any atom is 0.433 e. The van der Waals surface area contributed by atoms with Gasteiger partial charge in [-0.15, -0.1) is 0 Å². The fourth-order valence-electron chi connectivity index (χ4n) is 4.01. The topological polar surface area (TPSA) is 79.8 Å². The zero-order chi connectivity index (χ0) is 16.6. The Morgan fingerprint density at radius 2 is 1.96 bits per heavy atom. The Morgan fingerprint density at radius 1 is 1.26 bits per heavy atom. The average molecular weight is 321 g/mol. The van der Waals surface area contributed by atoms with E-state index in [0.717, 1.165) is 12.8 Å². The van der Waals surface area contributed by atoms with Gasteiger partial charge in [0.25, 0.3) is 5.91 Å². The van der Waals surface area contributed by atoms with E-state index in [-0.39, 0.29) is 17.6 Å². The number of amides is 1. The van der Waals surface area contributed by atoms with Crippen molar-refractivity contribution in [3.8, 4) is 0 Å². The molecule has 2 fully saturated rings. The fraction of sp³-hybridized carbons (Fsp3) is 0.688. The van der Waals surface area contributed by atoms with Crippen molar-refractivity contribution < 1.29 is 14.1 Å². The number of carbonyl (C=O) groups excluding carboxylic acids is 1. The summed E-state index contributed by atoms with van der Waals surface area (Å²) in [6.07, 6.45) is 4.46. The third-order valence-corrected chi connectivity index (χ3v) is 5.11. The second-order valence-corrected chi connectivity index (χ2v) is 6.66. The molecule has 3 rings (SSSR count). The lowest BCUT2D eigenvalue weighted by Crippen LogP contribution is -2.52. The van der Waals surface area contributed by atoms with Crippen molar-refractivity contribution in [3.63, 3.8) is 0 Å². The summed E-state index contributed by atoms with van der Waals surface area (Å²) in [5.74, 6) is -0.578. The van der Waals surface area contributed by atoms with Gasteiger partial charge in [0, 0.05) is 31.2 Å². The van der Waals surface area contributed by atoms with Crippen LogP contribution in [0, 0.1) is 10.1 Å². The van der Waals surface area contributed by atoms with Crippen LogP contribution < -0.4 is 0 Å². The summed E-state index contributed by atoms with van der Waals surface area (Å²) < 4.78 is 5.06. The Kier molecular flexibility index (Phi) is 4.39. The third-order valence-electron chi connectivity index (χ3n) is 5.11. The van der Waals surface area contributed by atoms with Gasteiger partial charge in [0.2, 0.25) is 0 Å². The third kappa shape index (κ3) is 3.10. The van der Waals surface area contributed by atoms with Crippen LogP contribution in [-0.4, -0.2) is 51.8 Å². The van der Waals surface area contributed by atoms with Crippen LogP contribution in [0.3, 0.4) is 0 Å². The standard InChI is InChI=1S/C16H23N3O4/c1-11-5-6-12(2)18(11)13-4-3-9-17(10-13)16(20)14-7-8-15(23-14)19(21)22/h7-8,11-13H,3-6,9-10H2,1-2H3. The molecule has 126 valence electrons. The van der Waals surface area contributed by atoms with E-state index >= 15 is 0 Å². The molecule has 1 amide bonds. The molecule has 3 atom stereocenters. The van der Waals surface area contributed by atoms with Gasteiger partial charge in [-0.2, -0.15) is 0 Å². The number of nitro groups is 1. The van der Waals surface area contributed by atoms with Crippen molar-refractivity contribution in [2.75, 3.05) is 13.1 Å². The van der Waals surface area contributed by atoms with Crippen molar-refractivity contribution in [1.29, 1.82) is 0 Å². The zero-order valence-electron chi connectivity index (χ0n) is 13.6. The van der Waals surface area contributed by atoms with Crippen molar-refractivity contribution in [3.05, 3.63) is 28.0 Å². The minimum Gasteiger partial charge on any atom is -0.395 e. The van der Waals surface area contributed by atoms with Gasteiger partial charge in [0.15, 0.2) is 5.76 Å². The second-order valence-electron chi connectivity index (χ2n) is 6.66. The van der Waals surface area contributed by atoms with Gasteiger partial charge in [0.1, 0.15) is 4.92 Å². The summed E-state index contributed by atoms with van der Waals surface area (Å²) in [5, 5.41) is 10.7. The van der Waals surface area contributed by atoms with Gasteiger partial charge in [0.05, 0.1) is 6.07 Å². The number of nitrogens with zero attached hydrogens (tertiary/aromatic N) is 3. The predicted molar refractivity (Wildman–Crippen MR) is 84.3 cm³/mol. The van der Waals surface area contributed by atoms with Gasteiger partial charge < -0.3 is 9.32 Å². The van der Waals surface area contributed by atoms with Crippen LogP contribution in [0.1, 0.15) is 50.1 Å². The Hall–Kier alpha value is -1.89. The molecular formula is C16H23N3O4. The van der Waals surface area contributed by atoms with E-state index in [0.29, 0.717) is 31.2 Å². The molecule has 0 aliphatic carbocycles. The Morgan fingerprint density at radius 3 is 2.57 bits per heavy atom. The summed E-state index contributed by atoms with van der Waals surface area (Å²) in [6, 6.07) is 4.10. The van der Waals surface area contributed by atoms with E-state index < -0.39 is 4.92 Å². The Balaban J connectivity index is 1.70. The molecule has 7 nitrogen and oxygen atoms in total. The van der Waals surface area contributed by atoms with E-state index in [1.165, 1.54) is 25.0 Å². The van der Waals surface area contributed by atoms with Gasteiger partial charge in [-0.25, -0.2) is 0 Å². The van der Waals surface area contributed by atoms with Crippen LogP contribution >= 0.6 is 0 Å². The van der Waals surface area contributed by atoms with Gasteiger partial charge in [-0.3, -0.25) is 19.8 Å². The van der Waals surface area contributed by atoms with Crippen molar-refractivity contribution in [2.45, 2.75) is 57.7 Å². The van der Waals surface area contributed by atoms with Crippen LogP contribution in [0.5, 0.6) is 0 Å². The fourth-order valence-corrected chi connectivity index (χ4v) is 4.01. The van der Waals surface area contributed by atoms with E-state index in [4.69, 9.17) is 4.42 Å². The molecule has 0 radical (unpaired) electrons. The van der Waals surface area contributed by atoms with Gasteiger partial charge in [-0.05, 0) is 45.6 Å². The summed E-state index contributed by atoms with van der Waals surface area (Å²) in [6.45, 7) is 5.85. The molecule has 2 aliphatic heterocycles. The number of piperidine rings is 1. The van der Waals surface area contributed by atoms with Crippen LogP contribution in [-0.2, 0) is 0 Å². The maximum atomic E-state index is 12.6. The molecule has 0 bridgehead atoms. The molecule has 2 saturated heterocycles. The first-order chi connectivity index (χ1) is 11.0. The minimum atomic E-state index is -0.622. The molecule has 1 aromatic heterocycles. The number of furan rings is 1. The molecular weight excluding hydrogens is 298 g/mol. The summed E-state index contributed by atoms with van der Waals surface area (Å²) >= 11 is 0. The summed E-state index contributed by atoms with van der Waals surface area (Å²) in [7, 11) is 0. The monoisotopic (exact) mass is 321 g/mol. The number of hydrogen-bond donors (Lipinski definition) is 0. The number of likely N-dealkylation sites (tertiary alicyclic amines) is 2. The second kappa shape index (κ2) is 6.31. The van der Waals surface area contributed by atoms with E-state index in [2.05, 4.69) is 18.7 Å². The lowest BCUT2D eigenvalue weighted by Gasteiger charge is -2.41. The number of rotatable bonds is 3. The van der Waals surface area contributed by atoms with Gasteiger partial charge >= 0.3 is 5.88 Å². The smallest absolute Gasteiger partial charge is 0.395 e. The molecule has 7 heteroatoms. The van der Waals surface area contributed by atoms with E-state index in [1.807, 2.05) is 0 Å². The lowest BCUT2D eigenvalue weighted by molar-refractivity contribution is -0.402. The maximum absolute atomic E-state index is 12.6. The van der Waals surface area contributed by atoms with E-state index in [9.17, 15) is 14.9 Å². The van der Waals surface area contributed by atoms with E-state index in [1.54, 1.807) is 4.90 Å². The molecule has 3 heterocycles. The normalized spacial score (nSPS) is 29.0. The first-order valence-corrected chi connectivity index (χ1v) is 8.28. The molecule has 3 unspecified atom stereocenters. The van der Waals surface area contributed by atoms with Crippen LogP contribution in [0.15, 0.2) is 16.5 Å². The zero-order valence-corrected chi connectivity index (χ0v) is 13.6. The highest BCUT2D eigenvalue weighted by Gasteiger charge is 2.37. The quantitative estimate of drug-likeness (QED) is 0.631. The molecule has 0 spiro atoms. The van der Waals surface area contributed by atoms with Crippen molar-refractivity contribution in [1.82, 2.24) is 9.80 Å². The first kappa shape index (κ1) is 16.0. The largest absolute Gasteiger partial charge is 0.433 e. The molecule has 0 N–H and O–H groups in total. The van der Waals surface area contributed by atoms with Gasteiger partial charge in [-0.1, -0.05) is 0 Å². The highest BCUT2D eigenvalue weighted by Crippen LogP contribution is 2.30. The first-order valence-electron chi connectivity index (χ1n) is 8.28. The minimum absolute atomic E-state index is 0.0554. The van der Waals surface area contributed by atoms with Crippen LogP contribution in [0.25, 0.3) is 0 Å². The molecule has 0 aromatic carbocycles. The predicted octanol–water partition coefficient (Wildman–Crippen LogP) is 2.67. The molecule has 1 aromatic rings. The number of carbonyl (C=O) groups is 1. The summed E-state index contributed by atoms with van der Waals surface area (Å²) in [5.41, 5.74) is 0. The number of hydrogen-bond acceptors (Lipinski definition) is 5. The molecule has 2 aliphatic rings. The Bertz CT molecular complexity index is 590. The Labute approximate surface area is 135 Å². The van der Waals surface area contributed by atoms with Crippen LogP contribution in [0.4, 0.5) is 5.88 Å². The highest BCUT2D eigenvalue weighted by molar-refractivity contribution is 5.91. The molecule has 23 heavy (non-hydrogen) atoms. The van der Waals surface area contributed by atoms with Crippen molar-refractivity contribution in [2.24, 2.45) is 0 Å².